The van der Waals surface area contributed by atoms with E-state index in [0.29, 0.717) is 17.4 Å². The lowest BCUT2D eigenvalue weighted by molar-refractivity contribution is 0.102. The molecule has 0 radical (unpaired) electrons. The zero-order valence-electron chi connectivity index (χ0n) is 14.1. The molecule has 1 aliphatic rings. The molecule has 0 atom stereocenters. The molecule has 1 aromatic carbocycles. The molecule has 25 heavy (non-hydrogen) atoms. The number of benzene rings is 1. The van der Waals surface area contributed by atoms with Crippen molar-refractivity contribution < 1.29 is 4.79 Å². The molecular weight excluding hydrogens is 316 g/mol. The van der Waals surface area contributed by atoms with Crippen LogP contribution in [0.4, 0.5) is 5.95 Å². The van der Waals surface area contributed by atoms with Crippen LogP contribution in [0.2, 0.25) is 0 Å². The van der Waals surface area contributed by atoms with Crippen LogP contribution in [0.3, 0.4) is 0 Å². The zero-order chi connectivity index (χ0) is 17.2. The number of aryl methyl sites for hydroxylation is 1. The Morgan fingerprint density at radius 2 is 2.08 bits per heavy atom. The number of rotatable bonds is 3. The van der Waals surface area contributed by atoms with Gasteiger partial charge in [-0.3, -0.25) is 15.1 Å². The third kappa shape index (κ3) is 3.10. The van der Waals surface area contributed by atoms with Crippen molar-refractivity contribution in [2.75, 3.05) is 18.4 Å². The summed E-state index contributed by atoms with van der Waals surface area (Å²) in [5.41, 5.74) is 1.38. The number of nitrogens with one attached hydrogen (secondary N) is 2. The molecule has 1 amide bonds. The number of hydrogen-bond acceptors (Lipinski definition) is 5. The van der Waals surface area contributed by atoms with E-state index in [1.54, 1.807) is 24.0 Å². The van der Waals surface area contributed by atoms with Crippen LogP contribution in [-0.2, 0) is 7.05 Å². The maximum atomic E-state index is 12.7. The number of fused-ring (bicyclic) bond motifs is 1. The number of hydrogen-bond donors (Lipinski definition) is 2. The Morgan fingerprint density at radius 1 is 1.24 bits per heavy atom. The summed E-state index contributed by atoms with van der Waals surface area (Å²) in [6, 6.07) is 9.25. The second-order valence-corrected chi connectivity index (χ2v) is 6.27. The predicted molar refractivity (Wildman–Crippen MR) is 95.5 cm³/mol. The van der Waals surface area contributed by atoms with Crippen LogP contribution >= 0.6 is 0 Å². The van der Waals surface area contributed by atoms with Gasteiger partial charge in [0.15, 0.2) is 5.82 Å². The van der Waals surface area contributed by atoms with Gasteiger partial charge in [-0.1, -0.05) is 12.1 Å². The Balaban J connectivity index is 1.59. The van der Waals surface area contributed by atoms with Crippen LogP contribution in [-0.4, -0.2) is 38.7 Å². The second-order valence-electron chi connectivity index (χ2n) is 6.27. The third-order valence-corrected chi connectivity index (χ3v) is 4.60. The first-order valence-electron chi connectivity index (χ1n) is 8.49. The van der Waals surface area contributed by atoms with Crippen LogP contribution in [0.1, 0.15) is 34.9 Å². The van der Waals surface area contributed by atoms with Gasteiger partial charge >= 0.3 is 0 Å². The number of carbonyl (C=O) groups is 1. The molecule has 3 aromatic rings. The van der Waals surface area contributed by atoms with Gasteiger partial charge in [0.2, 0.25) is 5.95 Å². The molecule has 7 nitrogen and oxygen atoms in total. The van der Waals surface area contributed by atoms with E-state index in [-0.39, 0.29) is 5.91 Å². The molecule has 0 unspecified atom stereocenters. The fourth-order valence-corrected chi connectivity index (χ4v) is 3.24. The molecule has 1 fully saturated rings. The highest BCUT2D eigenvalue weighted by Crippen LogP contribution is 2.24. The van der Waals surface area contributed by atoms with Crippen LogP contribution in [0.25, 0.3) is 10.9 Å². The summed E-state index contributed by atoms with van der Waals surface area (Å²) in [6.45, 7) is 1.96. The Hall–Kier alpha value is -2.80. The summed E-state index contributed by atoms with van der Waals surface area (Å²) < 4.78 is 1.64. The lowest BCUT2D eigenvalue weighted by Crippen LogP contribution is -2.27. The van der Waals surface area contributed by atoms with Gasteiger partial charge in [0.1, 0.15) is 0 Å². The van der Waals surface area contributed by atoms with Gasteiger partial charge in [-0.2, -0.15) is 10.1 Å². The molecule has 0 spiro atoms. The van der Waals surface area contributed by atoms with Gasteiger partial charge in [0.25, 0.3) is 5.91 Å². The highest BCUT2D eigenvalue weighted by Gasteiger charge is 2.21. The molecule has 7 heteroatoms. The number of carbonyl (C=O) groups excluding carboxylic acids is 1. The molecule has 1 saturated heterocycles. The number of anilines is 1. The fraction of sp³-hybridized carbons (Fsp3) is 0.333. The van der Waals surface area contributed by atoms with Crippen molar-refractivity contribution in [3.8, 4) is 0 Å². The van der Waals surface area contributed by atoms with Crippen molar-refractivity contribution in [2.24, 2.45) is 7.05 Å². The van der Waals surface area contributed by atoms with Crippen LogP contribution in [0.5, 0.6) is 0 Å². The summed E-state index contributed by atoms with van der Waals surface area (Å²) in [7, 11) is 1.80. The first-order valence-corrected chi connectivity index (χ1v) is 8.49. The smallest absolute Gasteiger partial charge is 0.258 e. The van der Waals surface area contributed by atoms with Crippen molar-refractivity contribution in [3.05, 3.63) is 47.9 Å². The predicted octanol–water partition coefficient (Wildman–Crippen LogP) is 2.08. The van der Waals surface area contributed by atoms with Gasteiger partial charge in [-0.15, -0.1) is 0 Å². The Kier molecular flexibility index (Phi) is 4.15. The number of piperidine rings is 1. The third-order valence-electron chi connectivity index (χ3n) is 4.60. The Labute approximate surface area is 145 Å². The van der Waals surface area contributed by atoms with Crippen LogP contribution in [0, 0.1) is 0 Å². The van der Waals surface area contributed by atoms with E-state index < -0.39 is 0 Å². The highest BCUT2D eigenvalue weighted by molar-refractivity contribution is 6.11. The molecule has 1 aliphatic heterocycles. The summed E-state index contributed by atoms with van der Waals surface area (Å²) >= 11 is 0. The van der Waals surface area contributed by atoms with Gasteiger partial charge < -0.3 is 5.32 Å². The number of amides is 1. The average Bonchev–Trinajstić information content (AvgIpc) is 3.02. The number of nitrogens with zero attached hydrogens (tertiary/aromatic N) is 4. The lowest BCUT2D eigenvalue weighted by atomic mass is 9.98. The second kappa shape index (κ2) is 6.60. The monoisotopic (exact) mass is 336 g/mol. The molecule has 0 bridgehead atoms. The van der Waals surface area contributed by atoms with E-state index in [1.807, 2.05) is 24.3 Å². The number of aromatic nitrogens is 4. The van der Waals surface area contributed by atoms with Gasteiger partial charge in [-0.05, 0) is 44.1 Å². The number of pyridine rings is 1. The van der Waals surface area contributed by atoms with E-state index in [9.17, 15) is 4.79 Å². The minimum atomic E-state index is -0.203. The van der Waals surface area contributed by atoms with Gasteiger partial charge in [0.05, 0.1) is 5.52 Å². The highest BCUT2D eigenvalue weighted by atomic mass is 16.1. The maximum absolute atomic E-state index is 12.7. The van der Waals surface area contributed by atoms with Crippen LogP contribution < -0.4 is 10.6 Å². The summed E-state index contributed by atoms with van der Waals surface area (Å²) in [5, 5.41) is 11.5. The fourth-order valence-electron chi connectivity index (χ4n) is 3.24. The van der Waals surface area contributed by atoms with Gasteiger partial charge in [-0.25, -0.2) is 4.68 Å². The van der Waals surface area contributed by atoms with E-state index in [0.717, 1.165) is 42.7 Å². The first kappa shape index (κ1) is 15.7. The molecule has 2 N–H and O–H groups in total. The minimum Gasteiger partial charge on any atom is -0.317 e. The SMILES string of the molecule is Cn1nc(C2CCNCC2)nc1NC(=O)c1cccc2ncccc12. The molecule has 4 rings (SSSR count). The van der Waals surface area contributed by atoms with E-state index >= 15 is 0 Å². The molecular formula is C18H20N6O. The summed E-state index contributed by atoms with van der Waals surface area (Å²) in [5.74, 6) is 1.42. The van der Waals surface area contributed by atoms with E-state index in [2.05, 4.69) is 25.7 Å². The molecule has 128 valence electrons. The largest absolute Gasteiger partial charge is 0.317 e. The van der Waals surface area contributed by atoms with Crippen molar-refractivity contribution in [2.45, 2.75) is 18.8 Å². The summed E-state index contributed by atoms with van der Waals surface area (Å²) in [4.78, 5) is 21.6. The van der Waals surface area contributed by atoms with Gasteiger partial charge in [0, 0.05) is 30.1 Å². The van der Waals surface area contributed by atoms with Crippen molar-refractivity contribution in [3.63, 3.8) is 0 Å². The quantitative estimate of drug-likeness (QED) is 0.765. The standard InChI is InChI=1S/C18H20N6O/c1-24-18(21-16(23-24)12-7-10-19-11-8-12)22-17(25)14-4-2-6-15-13(14)5-3-9-20-15/h2-6,9,12,19H,7-8,10-11H2,1H3,(H,21,22,23,25). The van der Waals surface area contributed by atoms with Crippen molar-refractivity contribution in [1.82, 2.24) is 25.1 Å². The zero-order valence-corrected chi connectivity index (χ0v) is 14.1. The van der Waals surface area contributed by atoms with E-state index in [1.165, 1.54) is 0 Å². The molecule has 3 heterocycles. The Morgan fingerprint density at radius 3 is 2.92 bits per heavy atom. The normalized spacial score (nSPS) is 15.4. The lowest BCUT2D eigenvalue weighted by Gasteiger charge is -2.19. The average molecular weight is 336 g/mol. The Bertz CT molecular complexity index is 908. The molecule has 0 aliphatic carbocycles. The van der Waals surface area contributed by atoms with Crippen LogP contribution in [0.15, 0.2) is 36.5 Å². The first-order chi connectivity index (χ1) is 12.2. The molecule has 0 saturated carbocycles. The topological polar surface area (TPSA) is 84.7 Å². The summed E-state index contributed by atoms with van der Waals surface area (Å²) in [6.07, 6.45) is 3.76. The van der Waals surface area contributed by atoms with E-state index in [4.69, 9.17) is 0 Å². The molecule has 2 aromatic heterocycles. The van der Waals surface area contributed by atoms with Crippen molar-refractivity contribution >= 4 is 22.8 Å². The minimum absolute atomic E-state index is 0.203. The maximum Gasteiger partial charge on any atom is 0.258 e. The van der Waals surface area contributed by atoms with Crippen molar-refractivity contribution in [1.29, 1.82) is 0 Å².